The van der Waals surface area contributed by atoms with Crippen molar-refractivity contribution in [2.75, 3.05) is 20.5 Å². The first kappa shape index (κ1) is 18.9. The van der Waals surface area contributed by atoms with E-state index in [4.69, 9.17) is 25.0 Å². The van der Waals surface area contributed by atoms with E-state index in [1.807, 2.05) is 0 Å². The van der Waals surface area contributed by atoms with Crippen LogP contribution in [0.3, 0.4) is 0 Å². The molecule has 0 saturated heterocycles. The van der Waals surface area contributed by atoms with Crippen molar-refractivity contribution in [2.45, 2.75) is 0 Å². The molecule has 0 aliphatic rings. The van der Waals surface area contributed by atoms with Crippen LogP contribution >= 0.6 is 11.3 Å². The smallest absolute Gasteiger partial charge is 0.261 e. The Morgan fingerprint density at radius 2 is 1.91 bits per heavy atom. The number of ether oxygens (including phenoxy) is 2. The van der Waals surface area contributed by atoms with Gasteiger partial charge in [0.1, 0.15) is 0 Å². The molecule has 0 radical (unpaired) electrons. The van der Waals surface area contributed by atoms with Gasteiger partial charge < -0.3 is 20.4 Å². The third kappa shape index (κ3) is 4.94. The third-order valence-electron chi connectivity index (χ3n) is 2.47. The summed E-state index contributed by atoms with van der Waals surface area (Å²) in [6.45, 7) is 0. The van der Waals surface area contributed by atoms with Gasteiger partial charge in [0, 0.05) is 16.2 Å². The maximum absolute atomic E-state index is 14.2. The highest BCUT2D eigenvalue weighted by atomic mass is 32.2. The van der Waals surface area contributed by atoms with Crippen LogP contribution in [0.2, 0.25) is 0 Å². The topological polar surface area (TPSA) is 131 Å². The molecule has 4 N–H and O–H groups in total. The number of benzene rings is 1. The van der Waals surface area contributed by atoms with Crippen molar-refractivity contribution in [3.63, 3.8) is 0 Å². The minimum atomic E-state index is -3.67. The second-order valence-electron chi connectivity index (χ2n) is 4.17. The second-order valence-corrected chi connectivity index (χ2v) is 6.72. The number of nitrogens with zero attached hydrogens (tertiary/aromatic N) is 1. The van der Waals surface area contributed by atoms with Gasteiger partial charge in [-0.1, -0.05) is 5.16 Å². The number of oxime groups is 1. The average Bonchev–Trinajstić information content (AvgIpc) is 2.88. The molecule has 0 fully saturated rings. The van der Waals surface area contributed by atoms with Crippen LogP contribution in [-0.4, -0.2) is 44.5 Å². The van der Waals surface area contributed by atoms with Gasteiger partial charge in [-0.05, 0) is 6.07 Å². The number of hydrogen-bond donors (Lipinski definition) is 3. The van der Waals surface area contributed by atoms with E-state index in [1.165, 1.54) is 31.6 Å². The van der Waals surface area contributed by atoms with Crippen LogP contribution in [0.5, 0.6) is 11.5 Å². The number of rotatable bonds is 3. The van der Waals surface area contributed by atoms with Gasteiger partial charge in [0.15, 0.2) is 23.2 Å². The fraction of sp³-hybridized carbons (Fsp3) is 0.250. The molecule has 128 valence electrons. The summed E-state index contributed by atoms with van der Waals surface area (Å²) in [5.41, 5.74) is 5.47. The van der Waals surface area contributed by atoms with E-state index in [0.29, 0.717) is 27.0 Å². The molecule has 0 amide bonds. The minimum Gasteiger partial charge on any atom is -0.493 e. The second kappa shape index (κ2) is 7.44. The molecule has 0 spiro atoms. The predicted molar refractivity (Wildman–Crippen MR) is 84.9 cm³/mol. The van der Waals surface area contributed by atoms with Gasteiger partial charge in [-0.3, -0.25) is 4.55 Å². The quantitative estimate of drug-likeness (QED) is 0.247. The summed E-state index contributed by atoms with van der Waals surface area (Å²) in [4.78, 5) is 0.474. The summed E-state index contributed by atoms with van der Waals surface area (Å²) in [6.07, 6.45) is 0.715. The maximum atomic E-state index is 14.2. The zero-order chi connectivity index (χ0) is 17.8. The standard InChI is InChI=1S/C11H11FN2O3S.CH4O3S/c1-16-6-4-7-5(9(12)10(6)17-2)3-8(18-7)11(13)14-15;1-5(2,3)4/h3-4,15H,1-2H3,(H2,13,14);1H3,(H,2,3,4). The fourth-order valence-corrected chi connectivity index (χ4v) is 2.60. The van der Waals surface area contributed by atoms with E-state index in [-0.39, 0.29) is 11.6 Å². The monoisotopic (exact) mass is 366 g/mol. The lowest BCUT2D eigenvalue weighted by molar-refractivity contribution is 0.319. The first-order chi connectivity index (χ1) is 10.6. The van der Waals surface area contributed by atoms with Gasteiger partial charge >= 0.3 is 0 Å². The third-order valence-corrected chi connectivity index (χ3v) is 3.57. The van der Waals surface area contributed by atoms with E-state index in [9.17, 15) is 12.8 Å². The Hall–Kier alpha value is -2.11. The van der Waals surface area contributed by atoms with E-state index >= 15 is 0 Å². The molecular weight excluding hydrogens is 351 g/mol. The number of methoxy groups -OCH3 is 2. The van der Waals surface area contributed by atoms with Crippen LogP contribution in [0, 0.1) is 5.82 Å². The molecule has 1 aromatic heterocycles. The molecule has 0 bridgehead atoms. The van der Waals surface area contributed by atoms with Crippen LogP contribution in [-0.2, 0) is 10.1 Å². The van der Waals surface area contributed by atoms with Gasteiger partial charge in [-0.25, -0.2) is 4.39 Å². The van der Waals surface area contributed by atoms with Crippen LogP contribution in [0.25, 0.3) is 10.1 Å². The summed E-state index contributed by atoms with van der Waals surface area (Å²) in [6, 6.07) is 3.16. The average molecular weight is 366 g/mol. The number of nitrogens with two attached hydrogens (primary N) is 1. The van der Waals surface area contributed by atoms with E-state index in [0.717, 1.165) is 0 Å². The van der Waals surface area contributed by atoms with E-state index in [2.05, 4.69) is 5.16 Å². The number of hydrogen-bond acceptors (Lipinski definition) is 7. The summed E-state index contributed by atoms with van der Waals surface area (Å²) >= 11 is 1.20. The van der Waals surface area contributed by atoms with Crippen LogP contribution in [0.15, 0.2) is 17.3 Å². The molecule has 0 aliphatic carbocycles. The lowest BCUT2D eigenvalue weighted by atomic mass is 10.2. The number of thiophene rings is 1. The largest absolute Gasteiger partial charge is 0.493 e. The van der Waals surface area contributed by atoms with Crippen molar-refractivity contribution >= 4 is 37.4 Å². The highest BCUT2D eigenvalue weighted by Gasteiger charge is 2.18. The molecule has 1 heterocycles. The first-order valence-corrected chi connectivity index (χ1v) is 8.53. The summed E-state index contributed by atoms with van der Waals surface area (Å²) in [5.74, 6) is -0.252. The van der Waals surface area contributed by atoms with Crippen molar-refractivity contribution in [1.82, 2.24) is 0 Å². The zero-order valence-corrected chi connectivity index (χ0v) is 14.0. The molecule has 0 unspecified atom stereocenters. The Balaban J connectivity index is 0.000000463. The summed E-state index contributed by atoms with van der Waals surface area (Å²) in [5, 5.41) is 11.8. The van der Waals surface area contributed by atoms with Crippen LogP contribution < -0.4 is 15.2 Å². The van der Waals surface area contributed by atoms with Gasteiger partial charge in [-0.2, -0.15) is 8.42 Å². The van der Waals surface area contributed by atoms with Crippen LogP contribution in [0.1, 0.15) is 4.88 Å². The van der Waals surface area contributed by atoms with Crippen molar-refractivity contribution in [1.29, 1.82) is 0 Å². The zero-order valence-electron chi connectivity index (χ0n) is 12.4. The van der Waals surface area contributed by atoms with E-state index in [1.54, 1.807) is 6.07 Å². The molecule has 23 heavy (non-hydrogen) atoms. The SMILES string of the molecule is COc1cc2sc(/C(N)=N/O)cc2c(F)c1OC.CS(=O)(=O)O. The summed E-state index contributed by atoms with van der Waals surface area (Å²) < 4.78 is 50.7. The van der Waals surface area contributed by atoms with Gasteiger partial charge in [-0.15, -0.1) is 11.3 Å². The van der Waals surface area contributed by atoms with Crippen molar-refractivity contribution in [3.8, 4) is 11.5 Å². The van der Waals surface area contributed by atoms with Crippen molar-refractivity contribution in [3.05, 3.63) is 22.8 Å². The highest BCUT2D eigenvalue weighted by Crippen LogP contribution is 2.39. The highest BCUT2D eigenvalue weighted by molar-refractivity contribution is 7.85. The first-order valence-electron chi connectivity index (χ1n) is 5.86. The van der Waals surface area contributed by atoms with Gasteiger partial charge in [0.25, 0.3) is 10.1 Å². The molecule has 0 atom stereocenters. The lowest BCUT2D eigenvalue weighted by Crippen LogP contribution is -2.10. The van der Waals surface area contributed by atoms with Crippen molar-refractivity contribution in [2.24, 2.45) is 10.9 Å². The molecule has 11 heteroatoms. The molecule has 2 aromatic rings. The Labute approximate surface area is 135 Å². The van der Waals surface area contributed by atoms with Crippen LogP contribution in [0.4, 0.5) is 4.39 Å². The fourth-order valence-electron chi connectivity index (χ4n) is 1.62. The predicted octanol–water partition coefficient (Wildman–Crippen LogP) is 1.66. The Morgan fingerprint density at radius 3 is 2.35 bits per heavy atom. The Bertz CT molecular complexity index is 824. The van der Waals surface area contributed by atoms with Gasteiger partial charge in [0.05, 0.1) is 25.4 Å². The maximum Gasteiger partial charge on any atom is 0.261 e. The molecule has 0 aliphatic heterocycles. The normalized spacial score (nSPS) is 11.8. The van der Waals surface area contributed by atoms with Crippen molar-refractivity contribution < 1.29 is 32.0 Å². The number of amidine groups is 1. The number of halogens is 1. The molecule has 1 aromatic carbocycles. The Kier molecular flexibility index (Phi) is 6.12. The van der Waals surface area contributed by atoms with E-state index < -0.39 is 15.9 Å². The van der Waals surface area contributed by atoms with Gasteiger partial charge in [0.2, 0.25) is 0 Å². The Morgan fingerprint density at radius 1 is 1.35 bits per heavy atom. The summed E-state index contributed by atoms with van der Waals surface area (Å²) in [7, 11) is -0.870. The molecular formula is C12H15FN2O6S2. The minimum absolute atomic E-state index is 0.0360. The molecule has 8 nitrogen and oxygen atoms in total. The lowest BCUT2D eigenvalue weighted by Gasteiger charge is -2.08. The molecule has 0 saturated carbocycles. The molecule has 2 rings (SSSR count). The number of fused-ring (bicyclic) bond motifs is 1.